The monoisotopic (exact) mass is 530 g/mol. The first-order chi connectivity index (χ1) is 19.3. The quantitative estimate of drug-likeness (QED) is 0.102. The molecule has 0 N–H and O–H groups in total. The van der Waals surface area contributed by atoms with E-state index in [0.717, 1.165) is 59.8 Å². The Morgan fingerprint density at radius 3 is 1.74 bits per heavy atom. The summed E-state index contributed by atoms with van der Waals surface area (Å²) in [6.45, 7) is 6.09. The molecule has 0 fully saturated rings. The number of hydrogen-bond donors (Lipinski definition) is 0. The zero-order valence-corrected chi connectivity index (χ0v) is 24.5. The molecule has 0 amide bonds. The highest BCUT2D eigenvalue weighted by atomic mass is 16.5. The van der Waals surface area contributed by atoms with Crippen molar-refractivity contribution < 1.29 is 9.47 Å². The lowest BCUT2D eigenvalue weighted by Gasteiger charge is -2.08. The molecule has 0 aliphatic rings. The number of ether oxygens (including phenoxy) is 2. The van der Waals surface area contributed by atoms with Crippen molar-refractivity contribution in [3.8, 4) is 11.5 Å². The molecule has 4 nitrogen and oxygen atoms in total. The van der Waals surface area contributed by atoms with E-state index in [1.807, 2.05) is 48.7 Å². The van der Waals surface area contributed by atoms with E-state index >= 15 is 0 Å². The fourth-order valence-corrected chi connectivity index (χ4v) is 4.73. The van der Waals surface area contributed by atoms with Gasteiger partial charge < -0.3 is 9.47 Å². The minimum Gasteiger partial charge on any atom is -0.494 e. The van der Waals surface area contributed by atoms with Crippen LogP contribution in [-0.2, 0) is 0 Å². The third-order valence-electron chi connectivity index (χ3n) is 7.15. The molecule has 0 saturated carbocycles. The number of benzene rings is 2. The minimum absolute atomic E-state index is 0.779. The van der Waals surface area contributed by atoms with E-state index in [2.05, 4.69) is 31.0 Å². The van der Waals surface area contributed by atoms with Gasteiger partial charge in [-0.2, -0.15) is 0 Å². The number of aliphatic imine (C=N–C) groups is 1. The molecule has 0 saturated heterocycles. The maximum Gasteiger partial charge on any atom is 0.120 e. The molecule has 4 heteroatoms. The first-order valence-corrected chi connectivity index (χ1v) is 15.6. The summed E-state index contributed by atoms with van der Waals surface area (Å²) in [5, 5.41) is 1.09. The van der Waals surface area contributed by atoms with Gasteiger partial charge in [-0.3, -0.25) is 4.99 Å². The Balaban J connectivity index is 1.36. The van der Waals surface area contributed by atoms with Crippen LogP contribution in [0, 0.1) is 0 Å². The van der Waals surface area contributed by atoms with Crippen LogP contribution in [0.2, 0.25) is 0 Å². The standard InChI is InChI=1S/C35H50N2O2/c1-3-5-7-9-11-13-15-17-27-39-34-24-25-35-30(28-34)18-19-32(37-35)29-36-31-20-22-33(23-21-31)38-26-16-14-12-10-8-6-4-2/h18-25,28-29H,3-17,26-27H2,1-2H3. The first-order valence-electron chi connectivity index (χ1n) is 15.6. The van der Waals surface area contributed by atoms with Crippen LogP contribution in [0.4, 0.5) is 5.69 Å². The summed E-state index contributed by atoms with van der Waals surface area (Å²) in [4.78, 5) is 9.36. The predicted molar refractivity (Wildman–Crippen MR) is 167 cm³/mol. The Labute approximate surface area is 237 Å². The van der Waals surface area contributed by atoms with Crippen molar-refractivity contribution in [2.75, 3.05) is 13.2 Å². The van der Waals surface area contributed by atoms with E-state index in [1.165, 1.54) is 83.5 Å². The number of pyridine rings is 1. The molecule has 3 aromatic rings. The van der Waals surface area contributed by atoms with Gasteiger partial charge in [0.05, 0.1) is 36.3 Å². The van der Waals surface area contributed by atoms with Crippen LogP contribution in [0.1, 0.15) is 116 Å². The Hall–Kier alpha value is -2.88. The van der Waals surface area contributed by atoms with Gasteiger partial charge in [0.2, 0.25) is 0 Å². The summed E-state index contributed by atoms with van der Waals surface area (Å²) < 4.78 is 11.9. The third kappa shape index (κ3) is 12.7. The largest absolute Gasteiger partial charge is 0.494 e. The number of nitrogens with zero attached hydrogens (tertiary/aromatic N) is 2. The highest BCUT2D eigenvalue weighted by molar-refractivity contribution is 5.86. The summed E-state index contributed by atoms with van der Waals surface area (Å²) in [7, 11) is 0. The lowest BCUT2D eigenvalue weighted by molar-refractivity contribution is 0.304. The third-order valence-corrected chi connectivity index (χ3v) is 7.15. The van der Waals surface area contributed by atoms with Crippen molar-refractivity contribution in [1.29, 1.82) is 0 Å². The SMILES string of the molecule is CCCCCCCCCCOc1ccc2nc(C=Nc3ccc(OCCCCCCCCC)cc3)ccc2c1. The van der Waals surface area contributed by atoms with Crippen LogP contribution in [0.3, 0.4) is 0 Å². The molecular weight excluding hydrogens is 480 g/mol. The van der Waals surface area contributed by atoms with Gasteiger partial charge in [0.15, 0.2) is 0 Å². The first kappa shape index (κ1) is 30.7. The molecular formula is C35H50N2O2. The van der Waals surface area contributed by atoms with Gasteiger partial charge in [-0.1, -0.05) is 103 Å². The van der Waals surface area contributed by atoms with E-state index in [9.17, 15) is 0 Å². The second-order valence-corrected chi connectivity index (χ2v) is 10.6. The number of fused-ring (bicyclic) bond motifs is 1. The Bertz CT molecular complexity index is 1080. The van der Waals surface area contributed by atoms with Gasteiger partial charge in [-0.25, -0.2) is 4.98 Å². The molecule has 1 heterocycles. The molecule has 2 aromatic carbocycles. The zero-order chi connectivity index (χ0) is 27.4. The normalized spacial score (nSPS) is 11.4. The van der Waals surface area contributed by atoms with Crippen molar-refractivity contribution in [3.63, 3.8) is 0 Å². The fraction of sp³-hybridized carbons (Fsp3) is 0.543. The summed E-state index contributed by atoms with van der Waals surface area (Å²) in [6, 6.07) is 18.2. The van der Waals surface area contributed by atoms with E-state index < -0.39 is 0 Å². The zero-order valence-electron chi connectivity index (χ0n) is 24.5. The smallest absolute Gasteiger partial charge is 0.120 e. The van der Waals surface area contributed by atoms with Crippen LogP contribution >= 0.6 is 0 Å². The highest BCUT2D eigenvalue weighted by Gasteiger charge is 2.02. The Morgan fingerprint density at radius 2 is 1.13 bits per heavy atom. The molecule has 3 rings (SSSR count). The van der Waals surface area contributed by atoms with Crippen LogP contribution in [-0.4, -0.2) is 24.4 Å². The number of hydrogen-bond acceptors (Lipinski definition) is 4. The van der Waals surface area contributed by atoms with Crippen LogP contribution in [0.15, 0.2) is 59.6 Å². The number of unbranched alkanes of at least 4 members (excludes halogenated alkanes) is 13. The molecule has 0 aliphatic heterocycles. The molecule has 39 heavy (non-hydrogen) atoms. The summed E-state index contributed by atoms with van der Waals surface area (Å²) in [5.41, 5.74) is 2.69. The molecule has 0 unspecified atom stereocenters. The Kier molecular flexibility index (Phi) is 15.1. The van der Waals surface area contributed by atoms with Gasteiger partial charge in [-0.15, -0.1) is 0 Å². The Morgan fingerprint density at radius 1 is 0.590 bits per heavy atom. The predicted octanol–water partition coefficient (Wildman–Crippen LogP) is 10.6. The van der Waals surface area contributed by atoms with Crippen molar-refractivity contribution in [2.45, 2.75) is 110 Å². The number of aromatic nitrogens is 1. The average molecular weight is 531 g/mol. The van der Waals surface area contributed by atoms with Crippen molar-refractivity contribution >= 4 is 22.8 Å². The maximum atomic E-state index is 5.99. The van der Waals surface area contributed by atoms with E-state index in [4.69, 9.17) is 14.5 Å². The van der Waals surface area contributed by atoms with E-state index in [0.29, 0.717) is 0 Å². The van der Waals surface area contributed by atoms with Gasteiger partial charge in [0.1, 0.15) is 11.5 Å². The van der Waals surface area contributed by atoms with Crippen LogP contribution in [0.25, 0.3) is 10.9 Å². The van der Waals surface area contributed by atoms with Gasteiger partial charge in [0.25, 0.3) is 0 Å². The van der Waals surface area contributed by atoms with Crippen LogP contribution < -0.4 is 9.47 Å². The van der Waals surface area contributed by atoms with Gasteiger partial charge in [-0.05, 0) is 61.4 Å². The molecule has 0 atom stereocenters. The molecule has 0 spiro atoms. The summed E-state index contributed by atoms with van der Waals surface area (Å²) >= 11 is 0. The maximum absolute atomic E-state index is 5.99. The van der Waals surface area contributed by atoms with Crippen LogP contribution in [0.5, 0.6) is 11.5 Å². The van der Waals surface area contributed by atoms with E-state index in [-0.39, 0.29) is 0 Å². The summed E-state index contributed by atoms with van der Waals surface area (Å²) in [6.07, 6.45) is 21.4. The lowest BCUT2D eigenvalue weighted by Crippen LogP contribution is -1.97. The van der Waals surface area contributed by atoms with Gasteiger partial charge in [0, 0.05) is 5.39 Å². The second-order valence-electron chi connectivity index (χ2n) is 10.6. The van der Waals surface area contributed by atoms with Gasteiger partial charge >= 0.3 is 0 Å². The highest BCUT2D eigenvalue weighted by Crippen LogP contribution is 2.22. The van der Waals surface area contributed by atoms with E-state index in [1.54, 1.807) is 0 Å². The molecule has 1 aromatic heterocycles. The van der Waals surface area contributed by atoms with Crippen molar-refractivity contribution in [2.24, 2.45) is 4.99 Å². The molecule has 0 aliphatic carbocycles. The topological polar surface area (TPSA) is 43.7 Å². The molecule has 212 valence electrons. The lowest BCUT2D eigenvalue weighted by atomic mass is 10.1. The van der Waals surface area contributed by atoms with Crippen molar-refractivity contribution in [1.82, 2.24) is 4.98 Å². The fourth-order valence-electron chi connectivity index (χ4n) is 4.73. The summed E-state index contributed by atoms with van der Waals surface area (Å²) in [5.74, 6) is 1.83. The molecule has 0 bridgehead atoms. The number of rotatable bonds is 21. The minimum atomic E-state index is 0.779. The average Bonchev–Trinajstić information content (AvgIpc) is 2.97. The van der Waals surface area contributed by atoms with Crippen molar-refractivity contribution in [3.05, 3.63) is 60.3 Å². The second kappa shape index (κ2) is 19.2. The molecule has 0 radical (unpaired) electrons.